The molecule has 25 heavy (non-hydrogen) atoms. The predicted octanol–water partition coefficient (Wildman–Crippen LogP) is -3.69. The molecule has 158 valence electrons. The van der Waals surface area contributed by atoms with Gasteiger partial charge in [-0.15, -0.1) is 0 Å². The zero-order valence-corrected chi connectivity index (χ0v) is 14.8. The lowest BCUT2D eigenvalue weighted by Crippen LogP contribution is -2.32. The van der Waals surface area contributed by atoms with E-state index in [9.17, 15) is 0 Å². The van der Waals surface area contributed by atoms with Crippen LogP contribution in [0.15, 0.2) is 0 Å². The third kappa shape index (κ3) is 151. The zero-order chi connectivity index (χ0) is 21.3. The van der Waals surface area contributed by atoms with Crippen LogP contribution in [0.5, 0.6) is 0 Å². The molecular weight excluding hydrogens is 422 g/mol. The van der Waals surface area contributed by atoms with E-state index in [0.717, 1.165) is 0 Å². The average molecular weight is 443 g/mol. The highest BCUT2D eigenvalue weighted by Crippen LogP contribution is 1.84. The van der Waals surface area contributed by atoms with Gasteiger partial charge in [-0.05, 0) is 0 Å². The topological polar surface area (TPSA) is 288 Å². The molecule has 9 N–H and O–H groups in total. The van der Waals surface area contributed by atoms with E-state index in [1.54, 1.807) is 4.90 Å². The Kier molecular flexibility index (Phi) is 21.7. The molecule has 0 spiro atoms. The fourth-order valence-electron chi connectivity index (χ4n) is 0.760. The third-order valence-electron chi connectivity index (χ3n) is 1.25. The van der Waals surface area contributed by atoms with E-state index in [-0.39, 0.29) is 19.8 Å². The minimum atomic E-state index is -4.67. The second-order valence-corrected chi connectivity index (χ2v) is 6.04. The van der Waals surface area contributed by atoms with Gasteiger partial charge in [-0.1, -0.05) is 0 Å². The predicted molar refractivity (Wildman–Crippen MR) is 80.2 cm³/mol. The largest absolute Gasteiger partial charge is 0.395 e. The van der Waals surface area contributed by atoms with E-state index < -0.39 is 31.2 Å². The van der Waals surface area contributed by atoms with Gasteiger partial charge in [0.1, 0.15) is 0 Å². The Balaban J connectivity index is -0.000000126. The van der Waals surface area contributed by atoms with Gasteiger partial charge in [-0.3, -0.25) is 32.2 Å². The standard InChI is InChI=1S/C6H15NO3.3H2O4S/c8-4-1-7(2-5-9)3-6-10;3*1-5(2,3)4/h8-10H,1-6H2;3*(H2,1,2,3,4). The lowest BCUT2D eigenvalue weighted by molar-refractivity contribution is 0.136. The molecule has 0 amide bonds. The number of aliphatic hydroxyl groups is 3. The van der Waals surface area contributed by atoms with Crippen LogP contribution in [0.25, 0.3) is 0 Å². The van der Waals surface area contributed by atoms with Gasteiger partial charge in [-0.2, -0.15) is 25.3 Å². The minimum Gasteiger partial charge on any atom is -0.395 e. The normalized spacial score (nSPS) is 11.3. The van der Waals surface area contributed by atoms with Crippen molar-refractivity contribution in [3.63, 3.8) is 0 Å². The quantitative estimate of drug-likeness (QED) is 0.178. The fraction of sp³-hybridized carbons (Fsp3) is 1.00. The highest BCUT2D eigenvalue weighted by atomic mass is 32.3. The Bertz CT molecular complexity index is 471. The molecule has 0 unspecified atom stereocenters. The number of hydrogen-bond acceptors (Lipinski definition) is 10. The van der Waals surface area contributed by atoms with Gasteiger partial charge in [0.15, 0.2) is 0 Å². The van der Waals surface area contributed by atoms with Gasteiger partial charge >= 0.3 is 31.2 Å². The van der Waals surface area contributed by atoms with E-state index in [2.05, 4.69) is 0 Å². The first-order chi connectivity index (χ1) is 10.8. The molecule has 0 aliphatic heterocycles. The Hall–Kier alpha value is -0.550. The van der Waals surface area contributed by atoms with Crippen LogP contribution in [-0.4, -0.2) is 112 Å². The molecule has 0 fully saturated rings. The van der Waals surface area contributed by atoms with Crippen molar-refractivity contribution in [3.8, 4) is 0 Å². The molecule has 16 nitrogen and oxygen atoms in total. The lowest BCUT2D eigenvalue weighted by atomic mass is 10.4. The summed E-state index contributed by atoms with van der Waals surface area (Å²) in [7, 11) is -14.0. The van der Waals surface area contributed by atoms with Crippen molar-refractivity contribution in [1.29, 1.82) is 0 Å². The van der Waals surface area contributed by atoms with Gasteiger partial charge in [0.25, 0.3) is 0 Å². The molecule has 0 aliphatic carbocycles. The second-order valence-electron chi connectivity index (χ2n) is 3.36. The third-order valence-corrected chi connectivity index (χ3v) is 1.25. The van der Waals surface area contributed by atoms with Crippen molar-refractivity contribution >= 4 is 31.2 Å². The molecule has 19 heteroatoms. The molecule has 0 rings (SSSR count). The summed E-state index contributed by atoms with van der Waals surface area (Å²) in [5.74, 6) is 0. The van der Waals surface area contributed by atoms with Crippen molar-refractivity contribution in [3.05, 3.63) is 0 Å². The number of hydrogen-bond donors (Lipinski definition) is 9. The Labute approximate surface area is 144 Å². The average Bonchev–Trinajstić information content (AvgIpc) is 2.22. The number of nitrogens with zero attached hydrogens (tertiary/aromatic N) is 1. The van der Waals surface area contributed by atoms with Gasteiger partial charge in [0.2, 0.25) is 0 Å². The Morgan fingerprint density at radius 1 is 0.480 bits per heavy atom. The van der Waals surface area contributed by atoms with E-state index in [4.69, 9.17) is 67.9 Å². The summed E-state index contributed by atoms with van der Waals surface area (Å²) in [6.07, 6.45) is 0. The van der Waals surface area contributed by atoms with E-state index >= 15 is 0 Å². The molecule has 0 bridgehead atoms. The molecule has 0 aliphatic rings. The maximum absolute atomic E-state index is 8.74. The SMILES string of the molecule is O=S(=O)(O)O.O=S(=O)(O)O.O=S(=O)(O)O.OCCN(CCO)CCO. The van der Waals surface area contributed by atoms with Crippen molar-refractivity contribution in [1.82, 2.24) is 4.90 Å². The van der Waals surface area contributed by atoms with Crippen LogP contribution in [0.2, 0.25) is 0 Å². The molecule has 0 saturated carbocycles. The van der Waals surface area contributed by atoms with Gasteiger partial charge in [0.05, 0.1) is 19.8 Å². The van der Waals surface area contributed by atoms with Crippen molar-refractivity contribution in [2.75, 3.05) is 39.5 Å². The molecule has 0 aromatic rings. The molecule has 0 radical (unpaired) electrons. The van der Waals surface area contributed by atoms with Crippen molar-refractivity contribution < 1.29 is 67.9 Å². The van der Waals surface area contributed by atoms with Crippen LogP contribution < -0.4 is 0 Å². The first-order valence-electron chi connectivity index (χ1n) is 5.49. The monoisotopic (exact) mass is 443 g/mol. The summed E-state index contributed by atoms with van der Waals surface area (Å²) in [5.41, 5.74) is 0. The smallest absolute Gasteiger partial charge is 0.394 e. The maximum Gasteiger partial charge on any atom is 0.394 e. The van der Waals surface area contributed by atoms with Crippen molar-refractivity contribution in [2.45, 2.75) is 0 Å². The van der Waals surface area contributed by atoms with Crippen LogP contribution >= 0.6 is 0 Å². The van der Waals surface area contributed by atoms with E-state index in [1.807, 2.05) is 0 Å². The van der Waals surface area contributed by atoms with Crippen LogP contribution in [0, 0.1) is 0 Å². The van der Waals surface area contributed by atoms with E-state index in [0.29, 0.717) is 19.6 Å². The molecule has 0 aromatic carbocycles. The summed E-state index contributed by atoms with van der Waals surface area (Å²) >= 11 is 0. The lowest BCUT2D eigenvalue weighted by Gasteiger charge is -2.17. The zero-order valence-electron chi connectivity index (χ0n) is 12.4. The van der Waals surface area contributed by atoms with Crippen LogP contribution in [-0.2, 0) is 31.2 Å². The summed E-state index contributed by atoms with van der Waals surface area (Å²) in [6, 6.07) is 0. The summed E-state index contributed by atoms with van der Waals surface area (Å²) in [5, 5.41) is 25.5. The molecular formula is C6H21NO15S3. The maximum atomic E-state index is 8.74. The highest BCUT2D eigenvalue weighted by molar-refractivity contribution is 7.80. The summed E-state index contributed by atoms with van der Waals surface area (Å²) < 4.78 is 94.8. The molecule has 0 aromatic heterocycles. The van der Waals surface area contributed by atoms with Crippen LogP contribution in [0.3, 0.4) is 0 Å². The number of aliphatic hydroxyl groups excluding tert-OH is 3. The first-order valence-corrected chi connectivity index (χ1v) is 9.68. The summed E-state index contributed by atoms with van der Waals surface area (Å²) in [4.78, 5) is 1.79. The minimum absolute atomic E-state index is 0.0694. The summed E-state index contributed by atoms with van der Waals surface area (Å²) in [6.45, 7) is 1.75. The number of rotatable bonds is 6. The Morgan fingerprint density at radius 3 is 0.680 bits per heavy atom. The first kappa shape index (κ1) is 32.1. The fourth-order valence-corrected chi connectivity index (χ4v) is 0.760. The van der Waals surface area contributed by atoms with Crippen LogP contribution in [0.4, 0.5) is 0 Å². The highest BCUT2D eigenvalue weighted by Gasteiger charge is 2.00. The van der Waals surface area contributed by atoms with Crippen molar-refractivity contribution in [2.24, 2.45) is 0 Å². The van der Waals surface area contributed by atoms with Gasteiger partial charge in [-0.25, -0.2) is 0 Å². The molecule has 0 atom stereocenters. The van der Waals surface area contributed by atoms with E-state index in [1.165, 1.54) is 0 Å². The second kappa shape index (κ2) is 16.9. The van der Waals surface area contributed by atoms with Gasteiger partial charge < -0.3 is 15.3 Å². The van der Waals surface area contributed by atoms with Crippen LogP contribution in [0.1, 0.15) is 0 Å². The van der Waals surface area contributed by atoms with Gasteiger partial charge in [0, 0.05) is 19.6 Å². The molecule has 0 saturated heterocycles. The molecule has 0 heterocycles. The Morgan fingerprint density at radius 2 is 0.600 bits per heavy atom.